The van der Waals surface area contributed by atoms with Crippen molar-refractivity contribution in [1.82, 2.24) is 14.6 Å². The molecule has 2 aliphatic carbocycles. The quantitative estimate of drug-likeness (QED) is 0.296. The van der Waals surface area contributed by atoms with Crippen LogP contribution in [0.25, 0.3) is 0 Å². The second-order valence-electron chi connectivity index (χ2n) is 10.8. The van der Waals surface area contributed by atoms with Gasteiger partial charge >= 0.3 is 19.4 Å². The zero-order valence-electron chi connectivity index (χ0n) is 21.4. The maximum absolute atomic E-state index is 14.1. The summed E-state index contributed by atoms with van der Waals surface area (Å²) in [6.45, 7) is 4.67. The number of esters is 1. The highest BCUT2D eigenvalue weighted by Crippen LogP contribution is 2.65. The van der Waals surface area contributed by atoms with Crippen LogP contribution in [0.4, 0.5) is 0 Å². The minimum atomic E-state index is -4.21. The first-order valence-corrected chi connectivity index (χ1v) is 14.1. The average Bonchev–Trinajstić information content (AvgIpc) is 3.77. The van der Waals surface area contributed by atoms with Crippen LogP contribution in [0.5, 0.6) is 5.75 Å². The summed E-state index contributed by atoms with van der Waals surface area (Å²) in [6, 6.07) is 9.58. The normalized spacial score (nSPS) is 28.1. The highest BCUT2D eigenvalue weighted by atomic mass is 31.2. The molecule has 3 aliphatic rings. The van der Waals surface area contributed by atoms with Gasteiger partial charge in [0.25, 0.3) is 5.56 Å². The number of nitrogens with zero attached hydrogens (tertiary/aromatic N) is 1. The monoisotopic (exact) mass is 549 g/mol. The van der Waals surface area contributed by atoms with E-state index in [9.17, 15) is 24.1 Å². The predicted octanol–water partition coefficient (Wildman–Crippen LogP) is 2.24. The molecule has 2 saturated carbocycles. The van der Waals surface area contributed by atoms with Crippen LogP contribution in [0.2, 0.25) is 0 Å². The molecule has 2 heterocycles. The Morgan fingerprint density at radius 1 is 1.21 bits per heavy atom. The van der Waals surface area contributed by atoms with Crippen molar-refractivity contribution in [2.75, 3.05) is 6.61 Å². The van der Waals surface area contributed by atoms with Crippen molar-refractivity contribution in [3.8, 4) is 5.75 Å². The van der Waals surface area contributed by atoms with Gasteiger partial charge in [0.05, 0.1) is 18.8 Å². The number of hydrogen-bond donors (Lipinski definition) is 3. The van der Waals surface area contributed by atoms with Gasteiger partial charge in [-0.1, -0.05) is 18.2 Å². The number of aromatic amines is 1. The highest BCUT2D eigenvalue weighted by Gasteiger charge is 2.69. The van der Waals surface area contributed by atoms with Crippen LogP contribution >= 0.6 is 7.75 Å². The van der Waals surface area contributed by atoms with E-state index in [2.05, 4.69) is 10.1 Å². The van der Waals surface area contributed by atoms with E-state index in [4.69, 9.17) is 18.5 Å². The summed E-state index contributed by atoms with van der Waals surface area (Å²) in [6.07, 6.45) is 0.968. The van der Waals surface area contributed by atoms with E-state index in [-0.39, 0.29) is 18.5 Å². The first kappa shape index (κ1) is 26.8. The number of nitrogens with one attached hydrogen (secondary N) is 2. The average molecular weight is 550 g/mol. The minimum absolute atomic E-state index is 0.255. The third kappa shape index (κ3) is 4.99. The van der Waals surface area contributed by atoms with E-state index < -0.39 is 53.9 Å². The van der Waals surface area contributed by atoms with Crippen LogP contribution in [0.3, 0.4) is 0 Å². The molecule has 206 valence electrons. The Bertz CT molecular complexity index is 1370. The third-order valence-electron chi connectivity index (χ3n) is 7.25. The van der Waals surface area contributed by atoms with Gasteiger partial charge < -0.3 is 19.1 Å². The molecule has 0 bridgehead atoms. The summed E-state index contributed by atoms with van der Waals surface area (Å²) < 4.78 is 38.5. The molecule has 3 fully saturated rings. The van der Waals surface area contributed by atoms with Gasteiger partial charge in [-0.15, -0.1) is 0 Å². The van der Waals surface area contributed by atoms with Crippen molar-refractivity contribution >= 4 is 13.7 Å². The number of rotatable bonds is 10. The summed E-state index contributed by atoms with van der Waals surface area (Å²) in [4.78, 5) is 39.0. The summed E-state index contributed by atoms with van der Waals surface area (Å²) >= 11 is 0. The summed E-state index contributed by atoms with van der Waals surface area (Å²) in [7, 11) is -4.21. The molecule has 1 saturated heterocycles. The van der Waals surface area contributed by atoms with Crippen molar-refractivity contribution in [2.45, 2.75) is 76.0 Å². The van der Waals surface area contributed by atoms with Crippen LogP contribution in [0, 0.1) is 5.41 Å². The number of benzene rings is 1. The topological polar surface area (TPSA) is 158 Å². The third-order valence-corrected chi connectivity index (χ3v) is 8.87. The second-order valence-corrected chi connectivity index (χ2v) is 12.4. The molecule has 1 aromatic heterocycles. The number of H-pyrrole nitrogens is 1. The molecule has 2 aromatic rings. The van der Waals surface area contributed by atoms with Crippen LogP contribution in [0.1, 0.15) is 52.7 Å². The maximum Gasteiger partial charge on any atom is 0.459 e. The molecular formula is C25H32N3O9P. The molecule has 0 amide bonds. The number of carbonyl (C=O) groups excluding carboxylic acids is 1. The Kier molecular flexibility index (Phi) is 6.68. The number of para-hydroxylation sites is 1. The predicted molar refractivity (Wildman–Crippen MR) is 134 cm³/mol. The molecule has 1 aromatic carbocycles. The number of aromatic nitrogens is 2. The van der Waals surface area contributed by atoms with Crippen LogP contribution < -0.4 is 20.9 Å². The summed E-state index contributed by atoms with van der Waals surface area (Å²) in [5, 5.41) is 14.1. The second kappa shape index (κ2) is 9.46. The van der Waals surface area contributed by atoms with Crippen molar-refractivity contribution < 1.29 is 33.0 Å². The fraction of sp³-hybridized carbons (Fsp3) is 0.560. The molecule has 4 atom stereocenters. The van der Waals surface area contributed by atoms with E-state index in [1.165, 1.54) is 16.8 Å². The van der Waals surface area contributed by atoms with Crippen molar-refractivity contribution in [1.29, 1.82) is 0 Å². The fourth-order valence-electron chi connectivity index (χ4n) is 4.89. The van der Waals surface area contributed by atoms with E-state index >= 15 is 0 Å². The fourth-order valence-corrected chi connectivity index (χ4v) is 6.72. The lowest BCUT2D eigenvalue weighted by Crippen LogP contribution is -2.45. The molecule has 13 heteroatoms. The lowest BCUT2D eigenvalue weighted by molar-refractivity contribution is -0.150. The molecule has 0 radical (unpaired) electrons. The molecule has 12 nitrogen and oxygen atoms in total. The number of hydrogen-bond acceptors (Lipinski definition) is 9. The number of aliphatic hydroxyl groups excluding tert-OH is 1. The van der Waals surface area contributed by atoms with Gasteiger partial charge in [0.15, 0.2) is 0 Å². The van der Waals surface area contributed by atoms with Crippen molar-refractivity contribution in [2.24, 2.45) is 5.41 Å². The number of aliphatic hydroxyl groups is 1. The Labute approximate surface area is 218 Å². The first-order chi connectivity index (χ1) is 17.9. The molecule has 1 aliphatic heterocycles. The van der Waals surface area contributed by atoms with Crippen LogP contribution in [-0.2, 0) is 23.4 Å². The van der Waals surface area contributed by atoms with Crippen LogP contribution in [0.15, 0.2) is 52.2 Å². The highest BCUT2D eigenvalue weighted by molar-refractivity contribution is 7.52. The van der Waals surface area contributed by atoms with E-state index in [0.29, 0.717) is 25.7 Å². The van der Waals surface area contributed by atoms with Gasteiger partial charge in [-0.25, -0.2) is 9.36 Å². The Balaban J connectivity index is 1.39. The lowest BCUT2D eigenvalue weighted by Gasteiger charge is -2.31. The zero-order chi connectivity index (χ0) is 27.3. The summed E-state index contributed by atoms with van der Waals surface area (Å²) in [5.74, 6) is -0.295. The van der Waals surface area contributed by atoms with E-state index in [1.54, 1.807) is 51.1 Å². The lowest BCUT2D eigenvalue weighted by atomic mass is 9.89. The van der Waals surface area contributed by atoms with E-state index in [1.807, 2.05) is 0 Å². The molecule has 5 rings (SSSR count). The standard InChI is InChI=1S/C25H32N3O9P/c1-16(2)35-21(31)25(12-13-25)27-38(33,37-17-7-5-4-6-8-17)34-15-23(3)19(30)24(10-11-24)20(36-23)28-14-9-18(29)26-22(28)32/h4-9,14,16,19-20,30H,10-13,15H2,1-3H3,(H,27,33)(H,26,29,32)/t19-,20-,23?,38?/m1/s1. The molecule has 1 spiro atoms. The van der Waals surface area contributed by atoms with Crippen molar-refractivity contribution in [3.63, 3.8) is 0 Å². The first-order valence-electron chi connectivity index (χ1n) is 12.6. The van der Waals surface area contributed by atoms with Gasteiger partial charge in [0, 0.05) is 17.7 Å². The molecule has 2 unspecified atom stereocenters. The van der Waals surface area contributed by atoms with Gasteiger partial charge in [0.1, 0.15) is 23.1 Å². The number of ether oxygens (including phenoxy) is 2. The van der Waals surface area contributed by atoms with Gasteiger partial charge in [-0.2, -0.15) is 5.09 Å². The molecular weight excluding hydrogens is 517 g/mol. The Morgan fingerprint density at radius 2 is 1.89 bits per heavy atom. The smallest absolute Gasteiger partial charge is 0.459 e. The zero-order valence-corrected chi connectivity index (χ0v) is 22.3. The Morgan fingerprint density at radius 3 is 2.47 bits per heavy atom. The summed E-state index contributed by atoms with van der Waals surface area (Å²) in [5.41, 5.74) is -4.57. The molecule has 3 N–H and O–H groups in total. The number of carbonyl (C=O) groups is 1. The van der Waals surface area contributed by atoms with Gasteiger partial charge in [-0.05, 0) is 58.6 Å². The maximum atomic E-state index is 14.1. The van der Waals surface area contributed by atoms with Gasteiger partial charge in [-0.3, -0.25) is 23.7 Å². The van der Waals surface area contributed by atoms with Crippen LogP contribution in [-0.4, -0.2) is 50.6 Å². The largest absolute Gasteiger partial charge is 0.462 e. The molecule has 38 heavy (non-hydrogen) atoms. The van der Waals surface area contributed by atoms with E-state index in [0.717, 1.165) is 0 Å². The van der Waals surface area contributed by atoms with Gasteiger partial charge in [0.2, 0.25) is 0 Å². The minimum Gasteiger partial charge on any atom is -0.462 e. The Hall–Kier alpha value is -2.76. The SMILES string of the molecule is CC(C)OC(=O)C1(NP(=O)(OCC2(C)O[C@@H](n3ccc(=O)[nH]c3=O)C3(CC3)[C@@H]2O)Oc2ccccc2)CC1. The van der Waals surface area contributed by atoms with Crippen molar-refractivity contribution in [3.05, 3.63) is 63.4 Å².